The highest BCUT2D eigenvalue weighted by molar-refractivity contribution is 6.33. The molecule has 0 N–H and O–H groups in total. The highest BCUT2D eigenvalue weighted by atomic mass is 35.5. The number of aryl methyl sites for hydroxylation is 1. The number of benzene rings is 1. The molecule has 3 heterocycles. The first-order valence-electron chi connectivity index (χ1n) is 11.1. The lowest BCUT2D eigenvalue weighted by Crippen LogP contribution is -2.34. The van der Waals surface area contributed by atoms with E-state index in [0.717, 1.165) is 30.7 Å². The second kappa shape index (κ2) is 10.1. The molecule has 182 valence electrons. The van der Waals surface area contributed by atoms with Crippen molar-refractivity contribution >= 4 is 17.3 Å². The molecule has 3 aromatic rings. The van der Waals surface area contributed by atoms with Crippen LogP contribution in [0, 0.1) is 0 Å². The number of anilines is 1. The first-order chi connectivity index (χ1) is 16.3. The van der Waals surface area contributed by atoms with E-state index in [-0.39, 0.29) is 22.9 Å². The summed E-state index contributed by atoms with van der Waals surface area (Å²) in [4.78, 5) is 19.1. The predicted octanol–water partition coefficient (Wildman–Crippen LogP) is 4.79. The van der Waals surface area contributed by atoms with Gasteiger partial charge in [-0.15, -0.1) is 13.2 Å². The van der Waals surface area contributed by atoms with Crippen LogP contribution in [0.2, 0.25) is 5.02 Å². The van der Waals surface area contributed by atoms with Crippen LogP contribution in [0.4, 0.5) is 18.9 Å². The van der Waals surface area contributed by atoms with Crippen LogP contribution in [-0.2, 0) is 26.1 Å². The summed E-state index contributed by atoms with van der Waals surface area (Å²) in [5.74, 6) is -0.229. The molecule has 4 rings (SSSR count). The molecule has 0 bridgehead atoms. The summed E-state index contributed by atoms with van der Waals surface area (Å²) in [5, 5.41) is 4.42. The number of fused-ring (bicyclic) bond motifs is 1. The number of hydrogen-bond donors (Lipinski definition) is 0. The first-order valence-corrected chi connectivity index (χ1v) is 11.5. The molecule has 0 amide bonds. The number of hydrogen-bond acceptors (Lipinski definition) is 5. The molecule has 0 spiro atoms. The van der Waals surface area contributed by atoms with Crippen molar-refractivity contribution in [3.05, 3.63) is 69.1 Å². The number of unbranched alkanes of at least 4 members (excludes halogenated alkanes) is 2. The first kappa shape index (κ1) is 24.1. The molecule has 34 heavy (non-hydrogen) atoms. The number of para-hydroxylation sites is 1. The Balaban J connectivity index is 1.51. The number of alkyl halides is 3. The third-order valence-electron chi connectivity index (χ3n) is 5.81. The Bertz CT molecular complexity index is 1210. The fourth-order valence-electron chi connectivity index (χ4n) is 4.10. The monoisotopic (exact) mass is 495 g/mol. The van der Waals surface area contributed by atoms with Crippen LogP contribution >= 0.6 is 11.6 Å². The van der Waals surface area contributed by atoms with Gasteiger partial charge in [0, 0.05) is 30.8 Å². The Kier molecular flexibility index (Phi) is 7.16. The zero-order valence-corrected chi connectivity index (χ0v) is 19.4. The minimum Gasteiger partial charge on any atom is -0.405 e. The van der Waals surface area contributed by atoms with Gasteiger partial charge in [0.05, 0.1) is 37.0 Å². The van der Waals surface area contributed by atoms with Crippen LogP contribution < -0.4 is 15.2 Å². The standard InChI is InChI=1S/C23H25ClF3N5O2/c1-2-3-6-10-32-22(33)21(24)19(12-29-32)30-11-9-18-17(14-30)28-15-31(18)13-16-7-4-5-8-20(16)34-23(25,26)27/h4-5,7-8,12,15H,2-3,6,9-11,13-14H2,1H3. The van der Waals surface area contributed by atoms with E-state index in [1.54, 1.807) is 24.7 Å². The van der Waals surface area contributed by atoms with E-state index >= 15 is 0 Å². The lowest BCUT2D eigenvalue weighted by molar-refractivity contribution is -0.274. The molecule has 1 aromatic carbocycles. The lowest BCUT2D eigenvalue weighted by atomic mass is 10.1. The van der Waals surface area contributed by atoms with E-state index in [0.29, 0.717) is 37.3 Å². The molecule has 0 fully saturated rings. The Morgan fingerprint density at radius 2 is 2.00 bits per heavy atom. The Morgan fingerprint density at radius 3 is 2.76 bits per heavy atom. The second-order valence-electron chi connectivity index (χ2n) is 8.17. The molecule has 1 aliphatic heterocycles. The van der Waals surface area contributed by atoms with Crippen LogP contribution in [0.25, 0.3) is 0 Å². The topological polar surface area (TPSA) is 65.2 Å². The molecule has 0 saturated carbocycles. The number of halogens is 4. The molecular weight excluding hydrogens is 471 g/mol. The summed E-state index contributed by atoms with van der Waals surface area (Å²) < 4.78 is 45.7. The summed E-state index contributed by atoms with van der Waals surface area (Å²) in [6.07, 6.45) is 1.98. The van der Waals surface area contributed by atoms with Gasteiger partial charge in [-0.2, -0.15) is 5.10 Å². The summed E-state index contributed by atoms with van der Waals surface area (Å²) in [7, 11) is 0. The van der Waals surface area contributed by atoms with Gasteiger partial charge in [-0.1, -0.05) is 49.6 Å². The molecule has 0 unspecified atom stereocenters. The average Bonchev–Trinajstić information content (AvgIpc) is 3.19. The van der Waals surface area contributed by atoms with Gasteiger partial charge in [-0.05, 0) is 12.5 Å². The highest BCUT2D eigenvalue weighted by Gasteiger charge is 2.32. The maximum Gasteiger partial charge on any atom is 0.573 e. The van der Waals surface area contributed by atoms with Gasteiger partial charge in [0.25, 0.3) is 5.56 Å². The van der Waals surface area contributed by atoms with Crippen molar-refractivity contribution in [2.75, 3.05) is 11.4 Å². The van der Waals surface area contributed by atoms with Crippen molar-refractivity contribution in [3.63, 3.8) is 0 Å². The van der Waals surface area contributed by atoms with Gasteiger partial charge < -0.3 is 14.2 Å². The molecule has 0 saturated heterocycles. The van der Waals surface area contributed by atoms with Crippen molar-refractivity contribution < 1.29 is 17.9 Å². The minimum absolute atomic E-state index is 0.132. The third kappa shape index (κ3) is 5.38. The molecule has 7 nitrogen and oxygen atoms in total. The zero-order valence-electron chi connectivity index (χ0n) is 18.7. The Labute approximate surface area is 199 Å². The number of rotatable bonds is 8. The minimum atomic E-state index is -4.76. The van der Waals surface area contributed by atoms with Gasteiger partial charge in [0.15, 0.2) is 0 Å². The van der Waals surface area contributed by atoms with Crippen LogP contribution in [0.15, 0.2) is 41.6 Å². The fraction of sp³-hybridized carbons (Fsp3) is 0.435. The number of aromatic nitrogens is 4. The summed E-state index contributed by atoms with van der Waals surface area (Å²) in [5.41, 5.74) is 2.36. The van der Waals surface area contributed by atoms with E-state index in [1.165, 1.54) is 16.8 Å². The van der Waals surface area contributed by atoms with Gasteiger partial charge in [0.1, 0.15) is 10.8 Å². The van der Waals surface area contributed by atoms with Crippen molar-refractivity contribution in [2.24, 2.45) is 0 Å². The quantitative estimate of drug-likeness (QED) is 0.420. The molecule has 0 aliphatic carbocycles. The summed E-state index contributed by atoms with van der Waals surface area (Å²) in [6, 6.07) is 6.07. The molecule has 0 radical (unpaired) electrons. The molecular formula is C23H25ClF3N5O2. The van der Waals surface area contributed by atoms with Gasteiger partial charge in [-0.25, -0.2) is 9.67 Å². The van der Waals surface area contributed by atoms with Crippen molar-refractivity contribution in [1.29, 1.82) is 0 Å². The summed E-state index contributed by atoms with van der Waals surface area (Å²) in [6.45, 7) is 3.81. The maximum absolute atomic E-state index is 12.8. The normalized spacial score (nSPS) is 13.7. The molecule has 1 aliphatic rings. The zero-order chi connectivity index (χ0) is 24.3. The number of imidazole rings is 1. The van der Waals surface area contributed by atoms with E-state index in [9.17, 15) is 18.0 Å². The van der Waals surface area contributed by atoms with Crippen LogP contribution in [0.1, 0.15) is 43.1 Å². The average molecular weight is 496 g/mol. The molecule has 2 aromatic heterocycles. The SMILES string of the molecule is CCCCCn1ncc(N2CCc3c(ncn3Cc3ccccc3OC(F)(F)F)C2)c(Cl)c1=O. The molecule has 11 heteroatoms. The Morgan fingerprint density at radius 1 is 1.21 bits per heavy atom. The van der Waals surface area contributed by atoms with Gasteiger partial charge in [0.2, 0.25) is 0 Å². The largest absolute Gasteiger partial charge is 0.573 e. The lowest BCUT2D eigenvalue weighted by Gasteiger charge is -2.29. The van der Waals surface area contributed by atoms with Crippen molar-refractivity contribution in [1.82, 2.24) is 19.3 Å². The van der Waals surface area contributed by atoms with Crippen molar-refractivity contribution in [2.45, 2.75) is 58.6 Å². The van der Waals surface area contributed by atoms with E-state index < -0.39 is 6.36 Å². The predicted molar refractivity (Wildman–Crippen MR) is 122 cm³/mol. The highest BCUT2D eigenvalue weighted by Crippen LogP contribution is 2.30. The molecule has 0 atom stereocenters. The number of ether oxygens (including phenoxy) is 1. The van der Waals surface area contributed by atoms with Crippen molar-refractivity contribution in [3.8, 4) is 5.75 Å². The van der Waals surface area contributed by atoms with Gasteiger partial charge in [-0.3, -0.25) is 4.79 Å². The van der Waals surface area contributed by atoms with Crippen LogP contribution in [0.3, 0.4) is 0 Å². The number of nitrogens with zero attached hydrogens (tertiary/aromatic N) is 5. The Hall–Kier alpha value is -3.01. The summed E-state index contributed by atoms with van der Waals surface area (Å²) >= 11 is 6.41. The van der Waals surface area contributed by atoms with Crippen LogP contribution in [-0.4, -0.2) is 32.2 Å². The van der Waals surface area contributed by atoms with E-state index in [2.05, 4.69) is 21.7 Å². The van der Waals surface area contributed by atoms with Gasteiger partial charge >= 0.3 is 6.36 Å². The maximum atomic E-state index is 12.8. The third-order valence-corrected chi connectivity index (χ3v) is 6.17. The van der Waals surface area contributed by atoms with E-state index in [1.807, 2.05) is 9.47 Å². The second-order valence-corrected chi connectivity index (χ2v) is 8.55. The fourth-order valence-corrected chi connectivity index (χ4v) is 4.37. The van der Waals surface area contributed by atoms with Crippen LogP contribution in [0.5, 0.6) is 5.75 Å². The van der Waals surface area contributed by atoms with E-state index in [4.69, 9.17) is 11.6 Å². The smallest absolute Gasteiger partial charge is 0.405 e.